The Hall–Kier alpha value is -4.66. The minimum absolute atomic E-state index is 0.105. The van der Waals surface area contributed by atoms with Crippen molar-refractivity contribution in [3.63, 3.8) is 0 Å². The van der Waals surface area contributed by atoms with Gasteiger partial charge < -0.3 is 4.74 Å². The molecule has 6 rings (SSSR count). The number of fused-ring (bicyclic) bond motifs is 1. The van der Waals surface area contributed by atoms with Crippen molar-refractivity contribution in [3.05, 3.63) is 137 Å². The molecule has 0 aromatic heterocycles. The SMILES string of the molecule is CC1Cc2ccc(-c3ccc(-c4ccc(-c5cc(F)c(C(F)(F)Oc6cc(F)c(F)c(F)c6)c(F)c5)c(F)c4)cc3)cc2C1. The van der Waals surface area contributed by atoms with E-state index in [9.17, 15) is 30.7 Å². The molecule has 0 fully saturated rings. The Balaban J connectivity index is 1.24. The maximum atomic E-state index is 15.2. The van der Waals surface area contributed by atoms with Crippen LogP contribution in [0.5, 0.6) is 5.75 Å². The monoisotopic (exact) mass is 610 g/mol. The average molecular weight is 611 g/mol. The molecule has 1 nitrogen and oxygen atoms in total. The van der Waals surface area contributed by atoms with Crippen LogP contribution in [0.2, 0.25) is 0 Å². The van der Waals surface area contributed by atoms with Crippen LogP contribution in [0, 0.1) is 40.8 Å². The van der Waals surface area contributed by atoms with Crippen LogP contribution in [0.4, 0.5) is 35.1 Å². The van der Waals surface area contributed by atoms with Gasteiger partial charge in [-0.15, -0.1) is 0 Å². The maximum Gasteiger partial charge on any atom is 0.432 e. The summed E-state index contributed by atoms with van der Waals surface area (Å²) in [5, 5.41) is 0. The van der Waals surface area contributed by atoms with Gasteiger partial charge in [0.1, 0.15) is 28.8 Å². The lowest BCUT2D eigenvalue weighted by molar-refractivity contribution is -0.189. The molecule has 1 unspecified atom stereocenters. The lowest BCUT2D eigenvalue weighted by Gasteiger charge is -2.20. The van der Waals surface area contributed by atoms with Crippen LogP contribution in [0.25, 0.3) is 33.4 Å². The smallest absolute Gasteiger partial charge is 0.429 e. The highest BCUT2D eigenvalue weighted by Gasteiger charge is 2.41. The zero-order valence-electron chi connectivity index (χ0n) is 23.0. The first kappa shape index (κ1) is 29.4. The van der Waals surface area contributed by atoms with E-state index in [0.717, 1.165) is 24.0 Å². The highest BCUT2D eigenvalue weighted by molar-refractivity contribution is 5.74. The van der Waals surface area contributed by atoms with Gasteiger partial charge in [0.2, 0.25) is 0 Å². The third-order valence-electron chi connectivity index (χ3n) is 7.71. The number of alkyl halides is 2. The second kappa shape index (κ2) is 11.1. The van der Waals surface area contributed by atoms with E-state index in [2.05, 4.69) is 29.9 Å². The molecular formula is C35H22F8O. The first-order valence-corrected chi connectivity index (χ1v) is 13.6. The van der Waals surface area contributed by atoms with Gasteiger partial charge in [-0.2, -0.15) is 8.78 Å². The lowest BCUT2D eigenvalue weighted by Crippen LogP contribution is -2.25. The van der Waals surface area contributed by atoms with E-state index in [1.165, 1.54) is 29.3 Å². The Morgan fingerprint density at radius 1 is 0.545 bits per heavy atom. The Morgan fingerprint density at radius 2 is 1.05 bits per heavy atom. The fourth-order valence-electron chi connectivity index (χ4n) is 5.60. The molecule has 0 saturated heterocycles. The van der Waals surface area contributed by atoms with E-state index in [4.69, 9.17) is 0 Å². The number of hydrogen-bond acceptors (Lipinski definition) is 1. The maximum absolute atomic E-state index is 15.2. The number of rotatable bonds is 6. The van der Waals surface area contributed by atoms with Gasteiger partial charge in [0.15, 0.2) is 17.5 Å². The molecule has 224 valence electrons. The summed E-state index contributed by atoms with van der Waals surface area (Å²) in [6, 6.07) is 19.1. The van der Waals surface area contributed by atoms with E-state index >= 15 is 4.39 Å². The van der Waals surface area contributed by atoms with Crippen molar-refractivity contribution >= 4 is 0 Å². The highest BCUT2D eigenvalue weighted by Crippen LogP contribution is 2.39. The fraction of sp³-hybridized carbons (Fsp3) is 0.143. The first-order valence-electron chi connectivity index (χ1n) is 13.6. The summed E-state index contributed by atoms with van der Waals surface area (Å²) in [5.41, 5.74) is 3.44. The van der Waals surface area contributed by atoms with Crippen LogP contribution in [-0.4, -0.2) is 0 Å². The minimum atomic E-state index is -4.75. The Morgan fingerprint density at radius 3 is 1.64 bits per heavy atom. The van der Waals surface area contributed by atoms with Gasteiger partial charge in [0.25, 0.3) is 0 Å². The van der Waals surface area contributed by atoms with Gasteiger partial charge in [-0.25, -0.2) is 26.3 Å². The fourth-order valence-corrected chi connectivity index (χ4v) is 5.60. The normalized spacial score (nSPS) is 14.5. The number of ether oxygens (including phenoxy) is 1. The van der Waals surface area contributed by atoms with Gasteiger partial charge in [0.05, 0.1) is 0 Å². The highest BCUT2D eigenvalue weighted by atomic mass is 19.3. The molecule has 0 N–H and O–H groups in total. The Labute approximate surface area is 247 Å². The molecule has 1 aliphatic carbocycles. The van der Waals surface area contributed by atoms with Crippen molar-refractivity contribution in [2.45, 2.75) is 25.9 Å². The molecule has 1 atom stereocenters. The van der Waals surface area contributed by atoms with Gasteiger partial charge in [0, 0.05) is 17.7 Å². The molecule has 5 aromatic rings. The van der Waals surface area contributed by atoms with Crippen LogP contribution in [0.1, 0.15) is 23.6 Å². The first-order chi connectivity index (χ1) is 20.9. The molecule has 5 aromatic carbocycles. The van der Waals surface area contributed by atoms with Gasteiger partial charge in [-0.3, -0.25) is 0 Å². The number of hydrogen-bond donors (Lipinski definition) is 0. The molecular weight excluding hydrogens is 588 g/mol. The molecule has 0 amide bonds. The van der Waals surface area contributed by atoms with E-state index in [-0.39, 0.29) is 23.3 Å². The van der Waals surface area contributed by atoms with E-state index < -0.39 is 52.3 Å². The van der Waals surface area contributed by atoms with Crippen molar-refractivity contribution < 1.29 is 39.9 Å². The predicted octanol–water partition coefficient (Wildman–Crippen LogP) is 10.4. The van der Waals surface area contributed by atoms with E-state index in [1.54, 1.807) is 0 Å². The zero-order valence-corrected chi connectivity index (χ0v) is 23.0. The summed E-state index contributed by atoms with van der Waals surface area (Å²) in [6.45, 7) is 2.22. The third kappa shape index (κ3) is 5.54. The van der Waals surface area contributed by atoms with Crippen molar-refractivity contribution in [1.29, 1.82) is 0 Å². The summed E-state index contributed by atoms with van der Waals surface area (Å²) in [4.78, 5) is 0. The summed E-state index contributed by atoms with van der Waals surface area (Å²) >= 11 is 0. The van der Waals surface area contributed by atoms with Crippen LogP contribution in [0.15, 0.2) is 84.9 Å². The van der Waals surface area contributed by atoms with Crippen LogP contribution in [-0.2, 0) is 19.0 Å². The molecule has 0 radical (unpaired) electrons. The van der Waals surface area contributed by atoms with Crippen molar-refractivity contribution in [2.75, 3.05) is 0 Å². The molecule has 1 aliphatic rings. The molecule has 0 aliphatic heterocycles. The second-order valence-corrected chi connectivity index (χ2v) is 10.9. The predicted molar refractivity (Wildman–Crippen MR) is 150 cm³/mol. The zero-order chi connectivity index (χ0) is 31.3. The van der Waals surface area contributed by atoms with Crippen molar-refractivity contribution in [2.24, 2.45) is 5.92 Å². The van der Waals surface area contributed by atoms with Gasteiger partial charge >= 0.3 is 6.11 Å². The van der Waals surface area contributed by atoms with Gasteiger partial charge in [-0.1, -0.05) is 61.5 Å². The summed E-state index contributed by atoms with van der Waals surface area (Å²) in [6.07, 6.45) is -2.64. The minimum Gasteiger partial charge on any atom is -0.429 e. The third-order valence-corrected chi connectivity index (χ3v) is 7.71. The summed E-state index contributed by atoms with van der Waals surface area (Å²) in [5.74, 6) is -10.6. The Bertz CT molecular complexity index is 1850. The average Bonchev–Trinajstić information content (AvgIpc) is 3.34. The van der Waals surface area contributed by atoms with Crippen molar-refractivity contribution in [1.82, 2.24) is 0 Å². The summed E-state index contributed by atoms with van der Waals surface area (Å²) < 4.78 is 118. The molecule has 44 heavy (non-hydrogen) atoms. The van der Waals surface area contributed by atoms with Crippen molar-refractivity contribution in [3.8, 4) is 39.1 Å². The molecule has 9 heteroatoms. The van der Waals surface area contributed by atoms with Crippen LogP contribution >= 0.6 is 0 Å². The molecule has 0 spiro atoms. The largest absolute Gasteiger partial charge is 0.432 e. The molecule has 0 saturated carbocycles. The lowest BCUT2D eigenvalue weighted by atomic mass is 9.96. The van der Waals surface area contributed by atoms with E-state index in [1.807, 2.05) is 24.3 Å². The van der Waals surface area contributed by atoms with E-state index in [0.29, 0.717) is 29.2 Å². The quantitative estimate of drug-likeness (QED) is 0.137. The molecule has 0 heterocycles. The van der Waals surface area contributed by atoms with Crippen LogP contribution < -0.4 is 4.74 Å². The van der Waals surface area contributed by atoms with Crippen LogP contribution in [0.3, 0.4) is 0 Å². The van der Waals surface area contributed by atoms with Gasteiger partial charge in [-0.05, 0) is 75.9 Å². The second-order valence-electron chi connectivity index (χ2n) is 10.9. The summed E-state index contributed by atoms with van der Waals surface area (Å²) in [7, 11) is 0. The standard InChI is InChI=1S/C35H22F8O/c1-18-10-21-6-7-22(12-24(21)11-18)19-2-4-20(5-3-19)23-8-9-27(28(36)13-23)25-14-29(37)33(30(38)15-25)35(42,43)44-26-16-31(39)34(41)32(40)17-26/h2-9,12-18H,10-11H2,1H3. The number of benzene rings is 5. The number of halogens is 8. The molecule has 0 bridgehead atoms. The topological polar surface area (TPSA) is 9.23 Å². The Kier molecular flexibility index (Phi) is 7.43.